The third-order valence-corrected chi connectivity index (χ3v) is 6.41. The van der Waals surface area contributed by atoms with E-state index in [1.54, 1.807) is 23.5 Å². The second kappa shape index (κ2) is 9.66. The summed E-state index contributed by atoms with van der Waals surface area (Å²) in [5.41, 5.74) is 3.40. The number of carbonyl (C=O) groups is 1. The van der Waals surface area contributed by atoms with Crippen molar-refractivity contribution >= 4 is 33.1 Å². The van der Waals surface area contributed by atoms with Crippen molar-refractivity contribution in [1.82, 2.24) is 4.98 Å². The van der Waals surface area contributed by atoms with E-state index in [1.807, 2.05) is 31.2 Å². The molecule has 0 bridgehead atoms. The maximum Gasteiger partial charge on any atom is 0.291 e. The molecule has 0 unspecified atom stereocenters. The van der Waals surface area contributed by atoms with Crippen LogP contribution < -0.4 is 10.1 Å². The Bertz CT molecular complexity index is 1620. The molecule has 0 spiro atoms. The molecule has 11 heteroatoms. The van der Waals surface area contributed by atoms with Crippen LogP contribution in [0.4, 0.5) is 27.6 Å². The Hall–Kier alpha value is -4.25. The molecule has 0 aliphatic carbocycles. The van der Waals surface area contributed by atoms with Crippen molar-refractivity contribution < 1.29 is 35.9 Å². The predicted octanol–water partition coefficient (Wildman–Crippen LogP) is 7.39. The van der Waals surface area contributed by atoms with Crippen LogP contribution in [0.1, 0.15) is 21.9 Å². The number of hydrogen-bond acceptors (Lipinski definition) is 5. The first-order chi connectivity index (χ1) is 17.7. The van der Waals surface area contributed by atoms with Crippen LogP contribution in [0, 0.1) is 36.0 Å². The molecule has 0 radical (unpaired) electrons. The molecule has 0 atom stereocenters. The van der Waals surface area contributed by atoms with E-state index in [0.717, 1.165) is 26.4 Å². The lowest BCUT2D eigenvalue weighted by Gasteiger charge is -2.09. The fraction of sp³-hybridized carbons (Fsp3) is 0.0769. The second-order valence-corrected chi connectivity index (χ2v) is 9.01. The molecule has 0 saturated heterocycles. The highest BCUT2D eigenvalue weighted by molar-refractivity contribution is 7.21. The summed E-state index contributed by atoms with van der Waals surface area (Å²) in [6.45, 7) is 1.33. The third kappa shape index (κ3) is 4.77. The van der Waals surface area contributed by atoms with Crippen molar-refractivity contribution in [2.75, 3.05) is 5.32 Å². The molecular formula is C26H15F5N2O3S. The zero-order valence-electron chi connectivity index (χ0n) is 18.9. The number of carbonyl (C=O) groups excluding carboxylic acids is 1. The number of aryl methyl sites for hydroxylation is 1. The number of nitrogens with one attached hydrogen (secondary N) is 1. The van der Waals surface area contributed by atoms with E-state index < -0.39 is 47.3 Å². The average molecular weight is 530 g/mol. The monoisotopic (exact) mass is 530 g/mol. The highest BCUT2D eigenvalue weighted by Crippen LogP contribution is 2.32. The molecule has 37 heavy (non-hydrogen) atoms. The fourth-order valence-electron chi connectivity index (χ4n) is 3.48. The van der Waals surface area contributed by atoms with E-state index in [-0.39, 0.29) is 11.5 Å². The molecule has 0 aliphatic heterocycles. The lowest BCUT2D eigenvalue weighted by molar-refractivity contribution is 0.0992. The Kier molecular flexibility index (Phi) is 6.38. The Morgan fingerprint density at radius 1 is 0.919 bits per heavy atom. The lowest BCUT2D eigenvalue weighted by Crippen LogP contribution is -2.10. The van der Waals surface area contributed by atoms with Gasteiger partial charge in [-0.1, -0.05) is 6.07 Å². The summed E-state index contributed by atoms with van der Waals surface area (Å²) in [7, 11) is 0. The number of aromatic nitrogens is 1. The van der Waals surface area contributed by atoms with E-state index >= 15 is 0 Å². The number of hydrogen-bond donors (Lipinski definition) is 1. The molecular weight excluding hydrogens is 515 g/mol. The van der Waals surface area contributed by atoms with E-state index in [9.17, 15) is 26.7 Å². The Morgan fingerprint density at radius 3 is 2.30 bits per heavy atom. The minimum absolute atomic E-state index is 0.0736. The van der Waals surface area contributed by atoms with E-state index in [0.29, 0.717) is 5.69 Å². The van der Waals surface area contributed by atoms with Gasteiger partial charge in [0.2, 0.25) is 29.1 Å². The fourth-order valence-corrected chi connectivity index (χ4v) is 4.55. The van der Waals surface area contributed by atoms with E-state index in [4.69, 9.17) is 9.15 Å². The van der Waals surface area contributed by atoms with Crippen LogP contribution in [0.5, 0.6) is 5.75 Å². The zero-order valence-corrected chi connectivity index (χ0v) is 19.7. The molecule has 5 rings (SSSR count). The number of ether oxygens (including phenoxy) is 1. The summed E-state index contributed by atoms with van der Waals surface area (Å²) < 4.78 is 78.4. The van der Waals surface area contributed by atoms with Gasteiger partial charge in [0.1, 0.15) is 17.4 Å². The van der Waals surface area contributed by atoms with Crippen molar-refractivity contribution in [1.29, 1.82) is 0 Å². The SMILES string of the molecule is Cc1ccc2nc(-c3ccc(NC(=O)c4ccc(COc5c(F)c(F)c(F)c(F)c5F)o4)cc3)sc2c1. The standard InChI is InChI=1S/C26H15F5N2O3S/c1-12-2-8-16-18(10-12)37-26(33-16)13-3-5-14(6-4-13)32-25(34)17-9-7-15(36-17)11-35-24-22(30)20(28)19(27)21(29)23(24)31/h2-10H,11H2,1H3,(H,32,34). The van der Waals surface area contributed by atoms with Gasteiger partial charge in [-0.25, -0.2) is 18.2 Å². The van der Waals surface area contributed by atoms with Crippen molar-refractivity contribution in [3.63, 3.8) is 0 Å². The largest absolute Gasteiger partial charge is 0.479 e. The van der Waals surface area contributed by atoms with Crippen LogP contribution in [0.2, 0.25) is 0 Å². The van der Waals surface area contributed by atoms with Crippen LogP contribution in [0.15, 0.2) is 59.0 Å². The number of fused-ring (bicyclic) bond motifs is 1. The van der Waals surface area contributed by atoms with Crippen molar-refractivity contribution in [2.45, 2.75) is 13.5 Å². The van der Waals surface area contributed by atoms with Gasteiger partial charge in [0.15, 0.2) is 11.5 Å². The zero-order chi connectivity index (χ0) is 26.3. The third-order valence-electron chi connectivity index (χ3n) is 5.35. The van der Waals surface area contributed by atoms with E-state index in [2.05, 4.69) is 16.4 Å². The Balaban J connectivity index is 1.24. The van der Waals surface area contributed by atoms with Crippen LogP contribution in [0.3, 0.4) is 0 Å². The molecule has 3 aromatic carbocycles. The van der Waals surface area contributed by atoms with Gasteiger partial charge < -0.3 is 14.5 Å². The average Bonchev–Trinajstić information content (AvgIpc) is 3.54. The molecule has 5 nitrogen and oxygen atoms in total. The van der Waals surface area contributed by atoms with Crippen molar-refractivity contribution in [3.8, 4) is 16.3 Å². The quantitative estimate of drug-likeness (QED) is 0.141. The van der Waals surface area contributed by atoms with Crippen LogP contribution in [-0.2, 0) is 6.61 Å². The minimum atomic E-state index is -2.29. The van der Waals surface area contributed by atoms with Gasteiger partial charge in [-0.2, -0.15) is 8.78 Å². The summed E-state index contributed by atoms with van der Waals surface area (Å²) >= 11 is 1.56. The number of anilines is 1. The smallest absolute Gasteiger partial charge is 0.291 e. The molecule has 0 saturated carbocycles. The maximum absolute atomic E-state index is 13.7. The first-order valence-corrected chi connectivity index (χ1v) is 11.5. The predicted molar refractivity (Wildman–Crippen MR) is 127 cm³/mol. The summed E-state index contributed by atoms with van der Waals surface area (Å²) in [5, 5.41) is 3.48. The number of amides is 1. The minimum Gasteiger partial charge on any atom is -0.479 e. The first kappa shape index (κ1) is 24.4. The number of nitrogens with zero attached hydrogens (tertiary/aromatic N) is 1. The Morgan fingerprint density at radius 2 is 1.59 bits per heavy atom. The van der Waals surface area contributed by atoms with Gasteiger partial charge in [-0.15, -0.1) is 11.3 Å². The van der Waals surface area contributed by atoms with Gasteiger partial charge in [0.25, 0.3) is 5.91 Å². The molecule has 0 fully saturated rings. The van der Waals surface area contributed by atoms with Gasteiger partial charge in [0, 0.05) is 11.3 Å². The van der Waals surface area contributed by atoms with Crippen LogP contribution >= 0.6 is 11.3 Å². The lowest BCUT2D eigenvalue weighted by atomic mass is 10.2. The topological polar surface area (TPSA) is 64.4 Å². The van der Waals surface area contributed by atoms with Crippen LogP contribution in [-0.4, -0.2) is 10.9 Å². The van der Waals surface area contributed by atoms with Gasteiger partial charge >= 0.3 is 0 Å². The number of thiazole rings is 1. The van der Waals surface area contributed by atoms with Gasteiger partial charge in [-0.3, -0.25) is 4.79 Å². The summed E-state index contributed by atoms with van der Waals surface area (Å²) in [4.78, 5) is 17.2. The molecule has 2 aromatic heterocycles. The molecule has 1 amide bonds. The first-order valence-electron chi connectivity index (χ1n) is 10.7. The maximum atomic E-state index is 13.7. The molecule has 2 heterocycles. The number of benzene rings is 3. The Labute approximate surface area is 210 Å². The normalized spacial score (nSPS) is 11.2. The number of halogens is 5. The summed E-state index contributed by atoms with van der Waals surface area (Å²) in [6.07, 6.45) is 0. The molecule has 1 N–H and O–H groups in total. The highest BCUT2D eigenvalue weighted by atomic mass is 32.1. The number of rotatable bonds is 6. The van der Waals surface area contributed by atoms with Crippen LogP contribution in [0.25, 0.3) is 20.8 Å². The van der Waals surface area contributed by atoms with Gasteiger partial charge in [0.05, 0.1) is 10.2 Å². The second-order valence-electron chi connectivity index (χ2n) is 7.98. The number of furan rings is 1. The van der Waals surface area contributed by atoms with Crippen molar-refractivity contribution in [3.05, 3.63) is 101 Å². The summed E-state index contributed by atoms with van der Waals surface area (Å²) in [5.74, 6) is -13.0. The molecule has 5 aromatic rings. The van der Waals surface area contributed by atoms with Gasteiger partial charge in [-0.05, 0) is 61.0 Å². The highest BCUT2D eigenvalue weighted by Gasteiger charge is 2.27. The molecule has 188 valence electrons. The summed E-state index contributed by atoms with van der Waals surface area (Å²) in [6, 6.07) is 15.6. The van der Waals surface area contributed by atoms with Crippen molar-refractivity contribution in [2.24, 2.45) is 0 Å². The van der Waals surface area contributed by atoms with E-state index in [1.165, 1.54) is 12.1 Å². The molecule has 0 aliphatic rings.